The van der Waals surface area contributed by atoms with Crippen LogP contribution in [0.25, 0.3) is 0 Å². The average molecular weight is 630 g/mol. The summed E-state index contributed by atoms with van der Waals surface area (Å²) in [7, 11) is 1.97. The predicted molar refractivity (Wildman–Crippen MR) is 182 cm³/mol. The van der Waals surface area contributed by atoms with Crippen LogP contribution in [-0.4, -0.2) is 62.3 Å². The molecule has 3 amide bonds. The van der Waals surface area contributed by atoms with Crippen LogP contribution in [0, 0.1) is 30.6 Å². The largest absolute Gasteiger partial charge is 0.356 e. The summed E-state index contributed by atoms with van der Waals surface area (Å²) in [5.41, 5.74) is 5.27. The van der Waals surface area contributed by atoms with Crippen LogP contribution in [0.1, 0.15) is 113 Å². The molecule has 0 aliphatic carbocycles. The van der Waals surface area contributed by atoms with Gasteiger partial charge in [-0.25, -0.2) is 15.9 Å². The highest BCUT2D eigenvalue weighted by atomic mass is 16.7. The van der Waals surface area contributed by atoms with Crippen LogP contribution in [0.4, 0.5) is 0 Å². The Balaban J connectivity index is -0.000000150. The second-order valence-electron chi connectivity index (χ2n) is 11.4. The summed E-state index contributed by atoms with van der Waals surface area (Å²) in [6, 6.07) is 5.06. The summed E-state index contributed by atoms with van der Waals surface area (Å²) in [5, 5.41) is 5.77. The highest BCUT2D eigenvalue weighted by molar-refractivity contribution is 5.91. The zero-order valence-corrected chi connectivity index (χ0v) is 30.5. The van der Waals surface area contributed by atoms with Crippen molar-refractivity contribution in [2.24, 2.45) is 23.7 Å². The number of carbonyl (C=O) groups excluding carboxylic acids is 4. The number of aryl methyl sites for hydroxylation is 1. The number of nitrogens with zero attached hydrogens (tertiary/aromatic N) is 1. The van der Waals surface area contributed by atoms with Gasteiger partial charge in [-0.1, -0.05) is 82.2 Å². The molecule has 260 valence electrons. The van der Waals surface area contributed by atoms with Crippen molar-refractivity contribution in [2.45, 2.75) is 109 Å². The second kappa shape index (κ2) is 38.1. The summed E-state index contributed by atoms with van der Waals surface area (Å²) in [6.45, 7) is 30.2. The van der Waals surface area contributed by atoms with E-state index >= 15 is 0 Å². The van der Waals surface area contributed by atoms with Crippen molar-refractivity contribution in [2.75, 3.05) is 26.7 Å². The van der Waals surface area contributed by atoms with Crippen molar-refractivity contribution in [1.82, 2.24) is 26.6 Å². The van der Waals surface area contributed by atoms with Crippen LogP contribution in [0.3, 0.4) is 0 Å². The van der Waals surface area contributed by atoms with Gasteiger partial charge in [-0.05, 0) is 69.7 Å². The van der Waals surface area contributed by atoms with E-state index in [0.29, 0.717) is 24.5 Å². The molecule has 1 rings (SSSR count). The minimum absolute atomic E-state index is 0.0544. The molecule has 0 spiro atoms. The van der Waals surface area contributed by atoms with E-state index in [1.165, 1.54) is 6.92 Å². The van der Waals surface area contributed by atoms with Crippen molar-refractivity contribution in [3.63, 3.8) is 0 Å². The first-order chi connectivity index (χ1) is 20.5. The Hall–Kier alpha value is -2.89. The molecule has 0 aliphatic rings. The molecule has 44 heavy (non-hydrogen) atoms. The van der Waals surface area contributed by atoms with Crippen LogP contribution in [0.5, 0.6) is 0 Å². The highest BCUT2D eigenvalue weighted by Gasteiger charge is 2.06. The summed E-state index contributed by atoms with van der Waals surface area (Å²) >= 11 is 0. The molecule has 0 radical (unpaired) electrons. The lowest BCUT2D eigenvalue weighted by Crippen LogP contribution is -2.25. The van der Waals surface area contributed by atoms with E-state index in [1.807, 2.05) is 27.8 Å². The van der Waals surface area contributed by atoms with Crippen LogP contribution in [-0.2, 0) is 24.1 Å². The molecule has 11 nitrogen and oxygen atoms in total. The number of hydrogen-bond donors (Lipinski definition) is 4. The maximum Gasteiger partial charge on any atom is 0.293 e. The van der Waals surface area contributed by atoms with Gasteiger partial charge in [-0.2, -0.15) is 0 Å². The number of amides is 3. The number of aromatic nitrogens is 1. The van der Waals surface area contributed by atoms with Gasteiger partial charge < -0.3 is 15.4 Å². The van der Waals surface area contributed by atoms with Crippen molar-refractivity contribution < 1.29 is 28.9 Å². The first-order valence-corrected chi connectivity index (χ1v) is 15.6. The summed E-state index contributed by atoms with van der Waals surface area (Å²) < 4.78 is 0. The fourth-order valence-electron chi connectivity index (χ4n) is 2.48. The van der Waals surface area contributed by atoms with Gasteiger partial charge in [0, 0.05) is 19.2 Å². The Bertz CT molecular complexity index is 787. The number of aldehydes is 1. The topological polar surface area (TPSA) is 148 Å². The third-order valence-corrected chi connectivity index (χ3v) is 3.93. The molecule has 0 fully saturated rings. The number of hydrogen-bond acceptors (Lipinski definition) is 8. The van der Waals surface area contributed by atoms with Gasteiger partial charge in [-0.15, -0.1) is 0 Å². The molecular weight excluding hydrogens is 562 g/mol. The standard InChI is InChI=1S/C9H10N2O3.C7H15NO2.C6H13NO.C5H13N.C4H10.C2H6/c1-7-3-2-4-8(10-7)9(13)11-14-6-5-12;1-6(2)4-7(3)10-8-5-9;1-5(2)4-7-6(3)8;1-5(2)4-6-3;1-4(2)3;1-2/h2-5H,6H2,1H3,(H,11,13);5-7H,4H2,1-3H3,(H,8,9);5H,4H2,1-3H3,(H,7,8);5-6H,4H2,1-3H3;4H,1-3H3;1-2H3. The molecule has 0 aliphatic heterocycles. The Labute approximate surface area is 269 Å². The molecule has 1 heterocycles. The lowest BCUT2D eigenvalue weighted by molar-refractivity contribution is -0.125. The molecule has 0 saturated carbocycles. The van der Waals surface area contributed by atoms with Gasteiger partial charge >= 0.3 is 0 Å². The SMILES string of the molecule is CC.CC(=O)NCC(C)C.CC(C)C.CC(C)CC(C)ONC=O.CNCC(C)C.Cc1cccc(C(=O)NOCC=O)n1. The zero-order chi connectivity index (χ0) is 35.5. The smallest absolute Gasteiger partial charge is 0.293 e. The molecule has 1 atom stereocenters. The van der Waals surface area contributed by atoms with E-state index in [0.717, 1.165) is 37.0 Å². The lowest BCUT2D eigenvalue weighted by Gasteiger charge is -2.12. The molecule has 11 heteroatoms. The number of carbonyl (C=O) groups is 4. The number of nitrogens with one attached hydrogen (secondary N) is 4. The first kappa shape index (κ1) is 50.7. The summed E-state index contributed by atoms with van der Waals surface area (Å²) in [5.74, 6) is 2.37. The molecule has 1 aromatic heterocycles. The summed E-state index contributed by atoms with van der Waals surface area (Å²) in [6.07, 6.45) is 2.15. The fourth-order valence-corrected chi connectivity index (χ4v) is 2.48. The van der Waals surface area contributed by atoms with Crippen LogP contribution < -0.4 is 21.6 Å². The number of hydroxylamine groups is 2. The maximum absolute atomic E-state index is 11.3. The average Bonchev–Trinajstić information content (AvgIpc) is 2.92. The van der Waals surface area contributed by atoms with Gasteiger partial charge in [0.05, 0.1) is 6.10 Å². The van der Waals surface area contributed by atoms with Crippen molar-refractivity contribution >= 4 is 24.5 Å². The third-order valence-electron chi connectivity index (χ3n) is 3.93. The highest BCUT2D eigenvalue weighted by Crippen LogP contribution is 2.05. The predicted octanol–water partition coefficient (Wildman–Crippen LogP) is 5.68. The van der Waals surface area contributed by atoms with Crippen molar-refractivity contribution in [3.05, 3.63) is 29.6 Å². The van der Waals surface area contributed by atoms with Gasteiger partial charge in [-0.3, -0.25) is 24.1 Å². The van der Waals surface area contributed by atoms with Gasteiger partial charge in [0.15, 0.2) is 0 Å². The first-order valence-electron chi connectivity index (χ1n) is 15.6. The number of pyridine rings is 1. The molecule has 1 unspecified atom stereocenters. The van der Waals surface area contributed by atoms with Gasteiger partial charge in [0.25, 0.3) is 5.91 Å². The Morgan fingerprint density at radius 3 is 1.73 bits per heavy atom. The minimum atomic E-state index is -0.462. The van der Waals surface area contributed by atoms with Gasteiger partial charge in [0.1, 0.15) is 18.6 Å². The quantitative estimate of drug-likeness (QED) is 0.124. The van der Waals surface area contributed by atoms with Crippen LogP contribution in [0.15, 0.2) is 18.2 Å². The lowest BCUT2D eigenvalue weighted by atomic mass is 10.1. The van der Waals surface area contributed by atoms with Crippen molar-refractivity contribution in [3.8, 4) is 0 Å². The zero-order valence-electron chi connectivity index (χ0n) is 30.5. The van der Waals surface area contributed by atoms with E-state index < -0.39 is 5.91 Å². The normalized spacial score (nSPS) is 10.1. The Morgan fingerprint density at radius 1 is 0.886 bits per heavy atom. The molecule has 0 bridgehead atoms. The van der Waals surface area contributed by atoms with Gasteiger partial charge in [0.2, 0.25) is 12.3 Å². The molecule has 1 aromatic rings. The molecule has 0 aromatic carbocycles. The molecular formula is C33H67N5O6. The van der Waals surface area contributed by atoms with Crippen molar-refractivity contribution in [1.29, 1.82) is 0 Å². The van der Waals surface area contributed by atoms with Crippen LogP contribution in [0.2, 0.25) is 0 Å². The monoisotopic (exact) mass is 630 g/mol. The van der Waals surface area contributed by atoms with Crippen LogP contribution >= 0.6 is 0 Å². The second-order valence-corrected chi connectivity index (χ2v) is 11.4. The van der Waals surface area contributed by atoms with E-state index in [1.54, 1.807) is 25.1 Å². The summed E-state index contributed by atoms with van der Waals surface area (Å²) in [4.78, 5) is 54.5. The fraction of sp³-hybridized carbons (Fsp3) is 0.727. The molecule has 4 N–H and O–H groups in total. The van der Waals surface area contributed by atoms with E-state index in [9.17, 15) is 19.2 Å². The van der Waals surface area contributed by atoms with E-state index in [-0.39, 0.29) is 24.3 Å². The maximum atomic E-state index is 11.3. The molecule has 0 saturated heterocycles. The third kappa shape index (κ3) is 55.1. The minimum Gasteiger partial charge on any atom is -0.356 e. The Morgan fingerprint density at radius 2 is 1.41 bits per heavy atom. The Kier molecular flexibility index (Phi) is 44.0. The van der Waals surface area contributed by atoms with E-state index in [4.69, 9.17) is 4.84 Å². The number of rotatable bonds is 13. The van der Waals surface area contributed by atoms with E-state index in [2.05, 4.69) is 93.7 Å².